The van der Waals surface area contributed by atoms with Crippen molar-refractivity contribution < 1.29 is 9.59 Å². The van der Waals surface area contributed by atoms with Crippen molar-refractivity contribution in [3.8, 4) is 0 Å². The highest BCUT2D eigenvalue weighted by molar-refractivity contribution is 6.53. The summed E-state index contributed by atoms with van der Waals surface area (Å²) in [6, 6.07) is 0.0580. The second-order valence-corrected chi connectivity index (χ2v) is 6.58. The third-order valence-electron chi connectivity index (χ3n) is 2.91. The quantitative estimate of drug-likeness (QED) is 0.795. The van der Waals surface area contributed by atoms with Crippen LogP contribution in [0.15, 0.2) is 0 Å². The maximum atomic E-state index is 12.0. The molecule has 1 atom stereocenters. The molecular weight excluding hydrogens is 263 g/mol. The van der Waals surface area contributed by atoms with E-state index in [-0.39, 0.29) is 24.4 Å². The van der Waals surface area contributed by atoms with Crippen molar-refractivity contribution in [3.05, 3.63) is 0 Å². The summed E-state index contributed by atoms with van der Waals surface area (Å²) in [5.74, 6) is -0.378. The highest BCUT2D eigenvalue weighted by atomic mass is 35.5. The molecule has 0 spiro atoms. The van der Waals surface area contributed by atoms with Crippen LogP contribution in [0.3, 0.4) is 0 Å². The molecule has 0 radical (unpaired) electrons. The molecule has 17 heavy (non-hydrogen) atoms. The molecule has 4 nitrogen and oxygen atoms in total. The van der Waals surface area contributed by atoms with Crippen molar-refractivity contribution in [3.63, 3.8) is 0 Å². The van der Waals surface area contributed by atoms with Gasteiger partial charge >= 0.3 is 0 Å². The smallest absolute Gasteiger partial charge is 0.239 e. The molecule has 98 valence electrons. The Morgan fingerprint density at radius 3 is 2.24 bits per heavy atom. The summed E-state index contributed by atoms with van der Waals surface area (Å²) in [5.41, 5.74) is -0.761. The van der Waals surface area contributed by atoms with Crippen molar-refractivity contribution in [2.75, 3.05) is 13.6 Å². The molecule has 0 aromatic rings. The van der Waals surface area contributed by atoms with Crippen LogP contribution in [-0.2, 0) is 9.59 Å². The largest absolute Gasteiger partial charge is 0.352 e. The molecule has 0 heterocycles. The van der Waals surface area contributed by atoms with Gasteiger partial charge in [-0.3, -0.25) is 9.59 Å². The van der Waals surface area contributed by atoms with E-state index in [2.05, 4.69) is 5.32 Å². The minimum atomic E-state index is -0.993. The number of hydrogen-bond acceptors (Lipinski definition) is 2. The molecule has 1 N–H and O–H groups in total. The predicted octanol–water partition coefficient (Wildman–Crippen LogP) is 1.55. The van der Waals surface area contributed by atoms with Crippen LogP contribution in [0.1, 0.15) is 27.2 Å². The van der Waals surface area contributed by atoms with Crippen LogP contribution in [0, 0.1) is 5.41 Å². The number of alkyl halides is 2. The zero-order chi connectivity index (χ0) is 13.4. The van der Waals surface area contributed by atoms with Gasteiger partial charge in [0, 0.05) is 13.1 Å². The first-order chi connectivity index (χ1) is 7.60. The molecule has 1 fully saturated rings. The fraction of sp³-hybridized carbons (Fsp3) is 0.818. The van der Waals surface area contributed by atoms with Gasteiger partial charge in [0.2, 0.25) is 11.8 Å². The van der Waals surface area contributed by atoms with Gasteiger partial charge in [-0.25, -0.2) is 0 Å². The van der Waals surface area contributed by atoms with Gasteiger partial charge < -0.3 is 10.2 Å². The van der Waals surface area contributed by atoms with Gasteiger partial charge in [-0.05, 0) is 27.2 Å². The topological polar surface area (TPSA) is 49.4 Å². The van der Waals surface area contributed by atoms with Gasteiger partial charge in [0.15, 0.2) is 0 Å². The lowest BCUT2D eigenvalue weighted by Crippen LogP contribution is -2.43. The number of carbonyl (C=O) groups is 2. The van der Waals surface area contributed by atoms with E-state index in [1.165, 1.54) is 4.90 Å². The molecule has 0 saturated heterocycles. The first-order valence-corrected chi connectivity index (χ1v) is 6.28. The Bertz CT molecular complexity index is 344. The van der Waals surface area contributed by atoms with Crippen molar-refractivity contribution in [2.45, 2.75) is 37.6 Å². The van der Waals surface area contributed by atoms with Gasteiger partial charge in [-0.1, -0.05) is 0 Å². The van der Waals surface area contributed by atoms with Crippen LogP contribution in [0.5, 0.6) is 0 Å². The summed E-state index contributed by atoms with van der Waals surface area (Å²) in [4.78, 5) is 24.9. The fourth-order valence-electron chi connectivity index (χ4n) is 1.71. The SMILES string of the molecule is CC(C)NC(=O)CN(C)C(=O)C1(C)CC1(Cl)Cl. The third kappa shape index (κ3) is 3.05. The maximum absolute atomic E-state index is 12.0. The molecule has 1 aliphatic rings. The predicted molar refractivity (Wildman–Crippen MR) is 68.1 cm³/mol. The zero-order valence-corrected chi connectivity index (χ0v) is 12.0. The molecule has 2 amide bonds. The Labute approximate surface area is 112 Å². The maximum Gasteiger partial charge on any atom is 0.239 e. The Hall–Kier alpha value is -0.480. The minimum absolute atomic E-state index is 0.0243. The van der Waals surface area contributed by atoms with Crippen LogP contribution in [0.25, 0.3) is 0 Å². The van der Waals surface area contributed by atoms with Crippen molar-refractivity contribution in [1.29, 1.82) is 0 Å². The first-order valence-electron chi connectivity index (χ1n) is 5.53. The van der Waals surface area contributed by atoms with E-state index in [0.717, 1.165) is 0 Å². The second-order valence-electron chi connectivity index (χ2n) is 5.10. The van der Waals surface area contributed by atoms with Crippen molar-refractivity contribution in [1.82, 2.24) is 10.2 Å². The van der Waals surface area contributed by atoms with Crippen LogP contribution in [0.2, 0.25) is 0 Å². The number of rotatable bonds is 4. The number of carbonyl (C=O) groups excluding carboxylic acids is 2. The molecule has 1 aliphatic carbocycles. The number of hydrogen-bond donors (Lipinski definition) is 1. The van der Waals surface area contributed by atoms with E-state index in [4.69, 9.17) is 23.2 Å². The number of halogens is 2. The molecular formula is C11H18Cl2N2O2. The van der Waals surface area contributed by atoms with Gasteiger partial charge in [-0.2, -0.15) is 0 Å². The summed E-state index contributed by atoms with van der Waals surface area (Å²) >= 11 is 11.9. The van der Waals surface area contributed by atoms with Gasteiger partial charge in [0.05, 0.1) is 12.0 Å². The van der Waals surface area contributed by atoms with E-state index in [1.807, 2.05) is 13.8 Å². The van der Waals surface area contributed by atoms with Gasteiger partial charge in [0.1, 0.15) is 4.33 Å². The van der Waals surface area contributed by atoms with E-state index < -0.39 is 9.75 Å². The summed E-state index contributed by atoms with van der Waals surface area (Å²) < 4.78 is -0.993. The van der Waals surface area contributed by atoms with E-state index in [0.29, 0.717) is 6.42 Å². The van der Waals surface area contributed by atoms with Crippen LogP contribution >= 0.6 is 23.2 Å². The lowest BCUT2D eigenvalue weighted by atomic mass is 10.1. The summed E-state index contributed by atoms with van der Waals surface area (Å²) in [6.45, 7) is 5.47. The lowest BCUT2D eigenvalue weighted by Gasteiger charge is -2.22. The van der Waals surface area contributed by atoms with E-state index in [1.54, 1.807) is 14.0 Å². The Balaban J connectivity index is 2.52. The standard InChI is InChI=1S/C11H18Cl2N2O2/c1-7(2)14-8(16)5-15(4)9(17)10(3)6-11(10,12)13/h7H,5-6H2,1-4H3,(H,14,16). The van der Waals surface area contributed by atoms with E-state index >= 15 is 0 Å². The lowest BCUT2D eigenvalue weighted by molar-refractivity contribution is -0.138. The molecule has 0 bridgehead atoms. The van der Waals surface area contributed by atoms with Crippen LogP contribution in [0.4, 0.5) is 0 Å². The zero-order valence-electron chi connectivity index (χ0n) is 10.5. The van der Waals surface area contributed by atoms with Gasteiger partial charge in [0.25, 0.3) is 0 Å². The van der Waals surface area contributed by atoms with Crippen LogP contribution < -0.4 is 5.32 Å². The summed E-state index contributed by atoms with van der Waals surface area (Å²) in [7, 11) is 1.58. The van der Waals surface area contributed by atoms with E-state index in [9.17, 15) is 9.59 Å². The molecule has 6 heteroatoms. The highest BCUT2D eigenvalue weighted by Crippen LogP contribution is 2.64. The Morgan fingerprint density at radius 1 is 1.41 bits per heavy atom. The second kappa shape index (κ2) is 4.65. The first kappa shape index (κ1) is 14.6. The van der Waals surface area contributed by atoms with Gasteiger partial charge in [-0.15, -0.1) is 23.2 Å². The van der Waals surface area contributed by atoms with Crippen molar-refractivity contribution >= 4 is 35.0 Å². The molecule has 1 saturated carbocycles. The fourth-order valence-corrected chi connectivity index (χ4v) is 2.40. The number of likely N-dealkylation sites (N-methyl/N-ethyl adjacent to an activating group) is 1. The number of nitrogens with one attached hydrogen (secondary N) is 1. The molecule has 1 rings (SSSR count). The number of nitrogens with zero attached hydrogens (tertiary/aromatic N) is 1. The molecule has 1 unspecified atom stereocenters. The third-order valence-corrected chi connectivity index (χ3v) is 4.01. The number of amides is 2. The average molecular weight is 281 g/mol. The summed E-state index contributed by atoms with van der Waals surface area (Å²) in [5, 5.41) is 2.72. The van der Waals surface area contributed by atoms with Crippen molar-refractivity contribution in [2.24, 2.45) is 5.41 Å². The molecule has 0 aromatic heterocycles. The molecule has 0 aliphatic heterocycles. The molecule has 0 aromatic carbocycles. The highest BCUT2D eigenvalue weighted by Gasteiger charge is 2.68. The van der Waals surface area contributed by atoms with Crippen LogP contribution in [-0.4, -0.2) is 40.7 Å². The summed E-state index contributed by atoms with van der Waals surface area (Å²) in [6.07, 6.45) is 0.429. The average Bonchev–Trinajstić information content (AvgIpc) is 2.64. The Kier molecular flexibility index (Phi) is 3.99. The Morgan fingerprint density at radius 2 is 1.88 bits per heavy atom. The monoisotopic (exact) mass is 280 g/mol. The normalized spacial score (nSPS) is 25.6. The minimum Gasteiger partial charge on any atom is -0.352 e.